The Kier molecular flexibility index (Phi) is 5.15. The van der Waals surface area contributed by atoms with Crippen molar-refractivity contribution in [3.8, 4) is 17.6 Å². The van der Waals surface area contributed by atoms with Gasteiger partial charge in [-0.05, 0) is 24.3 Å². The molecule has 0 aliphatic carbocycles. The molecule has 1 N–H and O–H groups in total. The Hall–Kier alpha value is -2.09. The first-order chi connectivity index (χ1) is 10.1. The second kappa shape index (κ2) is 7.07. The predicted octanol–water partition coefficient (Wildman–Crippen LogP) is 3.54. The van der Waals surface area contributed by atoms with E-state index in [1.54, 1.807) is 6.07 Å². The molecule has 5 heteroatoms. The molecule has 2 aromatic rings. The number of ether oxygens (including phenoxy) is 1. The second-order valence-corrected chi connectivity index (χ2v) is 4.57. The van der Waals surface area contributed by atoms with E-state index in [0.29, 0.717) is 11.1 Å². The molecule has 2 aromatic carbocycles. The topological polar surface area (TPSA) is 29.5 Å². The number of hydrogen-bond donors (Lipinski definition) is 1. The van der Waals surface area contributed by atoms with Gasteiger partial charge in [-0.3, -0.25) is 0 Å². The van der Waals surface area contributed by atoms with Gasteiger partial charge in [0.15, 0.2) is 0 Å². The Balaban J connectivity index is 2.14. The summed E-state index contributed by atoms with van der Waals surface area (Å²) in [7, 11) is 0. The number of rotatable bonds is 3. The zero-order chi connectivity index (χ0) is 15.2. The first-order valence-corrected chi connectivity index (χ1v) is 6.43. The summed E-state index contributed by atoms with van der Waals surface area (Å²) >= 11 is 5.88. The van der Waals surface area contributed by atoms with Crippen LogP contribution >= 0.6 is 11.6 Å². The van der Waals surface area contributed by atoms with Gasteiger partial charge in [-0.2, -0.15) is 0 Å². The zero-order valence-electron chi connectivity index (χ0n) is 10.9. The fourth-order valence-electron chi connectivity index (χ4n) is 1.66. The van der Waals surface area contributed by atoms with Gasteiger partial charge in [-0.15, -0.1) is 0 Å². The van der Waals surface area contributed by atoms with Gasteiger partial charge in [-0.1, -0.05) is 29.5 Å². The maximum absolute atomic E-state index is 13.4. The van der Waals surface area contributed by atoms with Gasteiger partial charge in [0.1, 0.15) is 30.6 Å². The largest absolute Gasteiger partial charge is 0.489 e. The van der Waals surface area contributed by atoms with Crippen molar-refractivity contribution in [1.82, 2.24) is 0 Å². The molecule has 2 rings (SSSR count). The molecule has 2 nitrogen and oxygen atoms in total. The third kappa shape index (κ3) is 4.45. The third-order valence-corrected chi connectivity index (χ3v) is 2.94. The van der Waals surface area contributed by atoms with Crippen molar-refractivity contribution >= 4 is 11.6 Å². The highest BCUT2D eigenvalue weighted by Crippen LogP contribution is 2.21. The van der Waals surface area contributed by atoms with Crippen molar-refractivity contribution in [1.29, 1.82) is 0 Å². The van der Waals surface area contributed by atoms with Gasteiger partial charge in [0, 0.05) is 17.2 Å². The average molecular weight is 309 g/mol. The molecule has 0 heterocycles. The van der Waals surface area contributed by atoms with Crippen LogP contribution in [0.1, 0.15) is 11.1 Å². The van der Waals surface area contributed by atoms with Gasteiger partial charge in [0.25, 0.3) is 0 Å². The second-order valence-electron chi connectivity index (χ2n) is 4.16. The molecular weight excluding hydrogens is 298 g/mol. The van der Waals surface area contributed by atoms with E-state index in [0.717, 1.165) is 0 Å². The van der Waals surface area contributed by atoms with Crippen molar-refractivity contribution in [3.05, 3.63) is 64.2 Å². The Bertz CT molecular complexity index is 705. The number of benzene rings is 2. The van der Waals surface area contributed by atoms with Crippen LogP contribution in [0.5, 0.6) is 5.75 Å². The number of halogens is 3. The molecule has 108 valence electrons. The molecule has 0 unspecified atom stereocenters. The molecule has 0 atom stereocenters. The quantitative estimate of drug-likeness (QED) is 0.879. The van der Waals surface area contributed by atoms with Gasteiger partial charge < -0.3 is 9.84 Å². The van der Waals surface area contributed by atoms with Crippen molar-refractivity contribution in [2.75, 3.05) is 6.61 Å². The van der Waals surface area contributed by atoms with Gasteiger partial charge >= 0.3 is 0 Å². The summed E-state index contributed by atoms with van der Waals surface area (Å²) in [5, 5.41) is 8.87. The highest BCUT2D eigenvalue weighted by molar-refractivity contribution is 6.31. The molecule has 0 bridgehead atoms. The summed E-state index contributed by atoms with van der Waals surface area (Å²) in [5.41, 5.74) is 0.981. The minimum Gasteiger partial charge on any atom is -0.489 e. The van der Waals surface area contributed by atoms with Crippen molar-refractivity contribution < 1.29 is 18.6 Å². The fourth-order valence-corrected chi connectivity index (χ4v) is 1.88. The predicted molar refractivity (Wildman–Crippen MR) is 76.1 cm³/mol. The van der Waals surface area contributed by atoms with Gasteiger partial charge in [0.05, 0.1) is 5.02 Å². The van der Waals surface area contributed by atoms with Crippen molar-refractivity contribution in [2.24, 2.45) is 0 Å². The van der Waals surface area contributed by atoms with Gasteiger partial charge in [0.2, 0.25) is 0 Å². The van der Waals surface area contributed by atoms with Crippen LogP contribution in [-0.2, 0) is 6.61 Å². The van der Waals surface area contributed by atoms with Crippen LogP contribution in [0.2, 0.25) is 5.02 Å². The van der Waals surface area contributed by atoms with Crippen LogP contribution in [0.15, 0.2) is 36.4 Å². The molecular formula is C16H11ClF2O2. The van der Waals surface area contributed by atoms with E-state index in [4.69, 9.17) is 21.4 Å². The highest BCUT2D eigenvalue weighted by atomic mass is 35.5. The summed E-state index contributed by atoms with van der Waals surface area (Å²) < 4.78 is 31.8. The molecule has 0 aliphatic rings. The van der Waals surface area contributed by atoms with Crippen LogP contribution in [0.3, 0.4) is 0 Å². The molecule has 0 amide bonds. The van der Waals surface area contributed by atoms with E-state index in [2.05, 4.69) is 11.8 Å². The Labute approximate surface area is 125 Å². The smallest absolute Gasteiger partial charge is 0.128 e. The fraction of sp³-hybridized carbons (Fsp3) is 0.125. The lowest BCUT2D eigenvalue weighted by Crippen LogP contribution is -1.97. The molecule has 21 heavy (non-hydrogen) atoms. The molecule has 0 saturated carbocycles. The summed E-state index contributed by atoms with van der Waals surface area (Å²) in [6, 6.07) is 7.95. The maximum Gasteiger partial charge on any atom is 0.128 e. The lowest BCUT2D eigenvalue weighted by atomic mass is 10.2. The first-order valence-electron chi connectivity index (χ1n) is 6.05. The van der Waals surface area contributed by atoms with E-state index >= 15 is 0 Å². The van der Waals surface area contributed by atoms with E-state index in [1.165, 1.54) is 30.3 Å². The number of aliphatic hydroxyl groups is 1. The number of aliphatic hydroxyl groups excluding tert-OH is 1. The molecule has 0 radical (unpaired) electrons. The SMILES string of the molecule is OCC#Cc1cc(F)cc(OCc2ccc(F)cc2Cl)c1. The summed E-state index contributed by atoms with van der Waals surface area (Å²) in [4.78, 5) is 0. The van der Waals surface area contributed by atoms with Crippen LogP contribution in [-0.4, -0.2) is 11.7 Å². The minimum atomic E-state index is -0.500. The summed E-state index contributed by atoms with van der Waals surface area (Å²) in [6.07, 6.45) is 0. The Morgan fingerprint density at radius 3 is 2.62 bits per heavy atom. The van der Waals surface area contributed by atoms with Gasteiger partial charge in [-0.25, -0.2) is 8.78 Å². The maximum atomic E-state index is 13.4. The van der Waals surface area contributed by atoms with E-state index < -0.39 is 11.6 Å². The first kappa shape index (κ1) is 15.3. The summed E-state index contributed by atoms with van der Waals surface area (Å²) in [6.45, 7) is -0.229. The third-order valence-electron chi connectivity index (χ3n) is 2.59. The van der Waals surface area contributed by atoms with Crippen LogP contribution in [0.4, 0.5) is 8.78 Å². The molecule has 0 spiro atoms. The lowest BCUT2D eigenvalue weighted by molar-refractivity contribution is 0.304. The molecule has 0 fully saturated rings. The monoisotopic (exact) mass is 308 g/mol. The standard InChI is InChI=1S/C16H11ClF2O2/c17-16-9-13(18)4-3-12(16)10-21-15-7-11(2-1-5-20)6-14(19)8-15/h3-4,6-9,20H,5,10H2. The minimum absolute atomic E-state index is 0.0788. The van der Waals surface area contributed by atoms with Crippen LogP contribution in [0, 0.1) is 23.5 Å². The van der Waals surface area contributed by atoms with E-state index in [9.17, 15) is 8.78 Å². The Morgan fingerprint density at radius 2 is 1.90 bits per heavy atom. The van der Waals surface area contributed by atoms with Crippen LogP contribution < -0.4 is 4.74 Å². The Morgan fingerprint density at radius 1 is 1.10 bits per heavy atom. The lowest BCUT2D eigenvalue weighted by Gasteiger charge is -2.08. The van der Waals surface area contributed by atoms with E-state index in [1.807, 2.05) is 0 Å². The average Bonchev–Trinajstić information content (AvgIpc) is 2.43. The van der Waals surface area contributed by atoms with Crippen molar-refractivity contribution in [3.63, 3.8) is 0 Å². The van der Waals surface area contributed by atoms with E-state index in [-0.39, 0.29) is 24.0 Å². The highest BCUT2D eigenvalue weighted by Gasteiger charge is 2.05. The zero-order valence-corrected chi connectivity index (χ0v) is 11.6. The number of hydrogen-bond acceptors (Lipinski definition) is 2. The van der Waals surface area contributed by atoms with Crippen molar-refractivity contribution in [2.45, 2.75) is 6.61 Å². The van der Waals surface area contributed by atoms with Crippen LogP contribution in [0.25, 0.3) is 0 Å². The molecule has 0 aliphatic heterocycles. The normalized spacial score (nSPS) is 9.90. The molecule has 0 saturated heterocycles. The summed E-state index contributed by atoms with van der Waals surface area (Å²) in [5.74, 6) is 4.37. The molecule has 0 aromatic heterocycles.